The van der Waals surface area contributed by atoms with Gasteiger partial charge in [0.25, 0.3) is 0 Å². The molecule has 1 fully saturated rings. The van der Waals surface area contributed by atoms with E-state index in [2.05, 4.69) is 86.3 Å². The SMILES string of the molecule is CCC(=O)Nc1ccc(N2C(=S)N[C@@H](c3ccccn3)[C@H]2c2cc(C)n(-c3ccc(Br)cc3)c2C)cc1C. The molecule has 6 nitrogen and oxygen atoms in total. The van der Waals surface area contributed by atoms with Crippen molar-refractivity contribution in [3.8, 4) is 5.69 Å². The molecule has 8 heteroatoms. The van der Waals surface area contributed by atoms with Gasteiger partial charge < -0.3 is 20.1 Å². The number of carbonyl (C=O) groups is 1. The van der Waals surface area contributed by atoms with Crippen molar-refractivity contribution in [3.05, 3.63) is 106 Å². The minimum absolute atomic E-state index is 0.00677. The van der Waals surface area contributed by atoms with E-state index in [1.807, 2.05) is 50.4 Å². The monoisotopic (exact) mass is 587 g/mol. The summed E-state index contributed by atoms with van der Waals surface area (Å²) in [5, 5.41) is 7.18. The van der Waals surface area contributed by atoms with Crippen LogP contribution in [0.5, 0.6) is 0 Å². The molecule has 0 bridgehead atoms. The molecule has 3 heterocycles. The van der Waals surface area contributed by atoms with Crippen LogP contribution in [0.2, 0.25) is 0 Å². The van der Waals surface area contributed by atoms with Gasteiger partial charge in [0, 0.05) is 45.5 Å². The summed E-state index contributed by atoms with van der Waals surface area (Å²) in [5.41, 5.74) is 8.26. The van der Waals surface area contributed by atoms with E-state index in [9.17, 15) is 4.79 Å². The van der Waals surface area contributed by atoms with Crippen molar-refractivity contribution in [2.75, 3.05) is 10.2 Å². The van der Waals surface area contributed by atoms with Gasteiger partial charge in [-0.3, -0.25) is 9.78 Å². The Morgan fingerprint density at radius 3 is 2.45 bits per heavy atom. The third-order valence-corrected chi connectivity index (χ3v) is 7.90. The van der Waals surface area contributed by atoms with Gasteiger partial charge in [0.2, 0.25) is 5.91 Å². The van der Waals surface area contributed by atoms with Crippen LogP contribution in [0.3, 0.4) is 0 Å². The molecule has 5 rings (SSSR count). The van der Waals surface area contributed by atoms with Crippen LogP contribution >= 0.6 is 28.1 Å². The predicted molar refractivity (Wildman–Crippen MR) is 161 cm³/mol. The molecule has 1 saturated heterocycles. The van der Waals surface area contributed by atoms with Crippen LogP contribution < -0.4 is 15.5 Å². The highest BCUT2D eigenvalue weighted by atomic mass is 79.9. The average molecular weight is 589 g/mol. The maximum Gasteiger partial charge on any atom is 0.224 e. The van der Waals surface area contributed by atoms with Gasteiger partial charge in [0.05, 0.1) is 17.8 Å². The average Bonchev–Trinajstić information content (AvgIpc) is 3.41. The summed E-state index contributed by atoms with van der Waals surface area (Å²) in [6.45, 7) is 8.15. The number of hydrogen-bond acceptors (Lipinski definition) is 3. The van der Waals surface area contributed by atoms with Crippen molar-refractivity contribution in [2.45, 2.75) is 46.2 Å². The number of rotatable bonds is 6. The topological polar surface area (TPSA) is 62.2 Å². The number of nitrogens with one attached hydrogen (secondary N) is 2. The smallest absolute Gasteiger partial charge is 0.224 e. The lowest BCUT2D eigenvalue weighted by Crippen LogP contribution is -2.29. The molecule has 2 atom stereocenters. The molecule has 1 amide bonds. The number of amides is 1. The number of aromatic nitrogens is 2. The zero-order valence-corrected chi connectivity index (χ0v) is 24.2. The second-order valence-corrected chi connectivity index (χ2v) is 10.8. The van der Waals surface area contributed by atoms with Gasteiger partial charge >= 0.3 is 0 Å². The molecule has 2 N–H and O–H groups in total. The summed E-state index contributed by atoms with van der Waals surface area (Å²) in [6.07, 6.45) is 2.25. The predicted octanol–water partition coefficient (Wildman–Crippen LogP) is 7.09. The van der Waals surface area contributed by atoms with E-state index in [1.54, 1.807) is 0 Å². The maximum atomic E-state index is 12.0. The van der Waals surface area contributed by atoms with Crippen LogP contribution in [0.4, 0.5) is 11.4 Å². The first-order chi connectivity index (χ1) is 18.3. The highest BCUT2D eigenvalue weighted by molar-refractivity contribution is 9.10. The Morgan fingerprint density at radius 2 is 1.79 bits per heavy atom. The number of aryl methyl sites for hydroxylation is 2. The molecule has 194 valence electrons. The fraction of sp³-hybridized carbons (Fsp3) is 0.233. The minimum Gasteiger partial charge on any atom is -0.351 e. The molecule has 0 radical (unpaired) electrons. The molecule has 2 aromatic heterocycles. The summed E-state index contributed by atoms with van der Waals surface area (Å²) in [7, 11) is 0. The molecule has 0 aliphatic carbocycles. The van der Waals surface area contributed by atoms with Crippen molar-refractivity contribution >= 4 is 50.5 Å². The number of thiocarbonyl (C=S) groups is 1. The second kappa shape index (κ2) is 10.7. The van der Waals surface area contributed by atoms with Crippen LogP contribution in [0.1, 0.15) is 53.6 Å². The number of nitrogens with zero attached hydrogens (tertiary/aromatic N) is 3. The van der Waals surface area contributed by atoms with Crippen LogP contribution in [-0.4, -0.2) is 20.6 Å². The Kier molecular flexibility index (Phi) is 7.36. The fourth-order valence-corrected chi connectivity index (χ4v) is 5.81. The normalized spacial score (nSPS) is 17.0. The molecular weight excluding hydrogens is 558 g/mol. The van der Waals surface area contributed by atoms with E-state index in [-0.39, 0.29) is 18.0 Å². The minimum atomic E-state index is -0.137. The number of anilines is 2. The van der Waals surface area contributed by atoms with Gasteiger partial charge in [-0.15, -0.1) is 0 Å². The lowest BCUT2D eigenvalue weighted by Gasteiger charge is -2.29. The number of benzene rings is 2. The van der Waals surface area contributed by atoms with Crippen molar-refractivity contribution in [3.63, 3.8) is 0 Å². The molecular formula is C30H30BrN5OS. The van der Waals surface area contributed by atoms with Gasteiger partial charge in [0.15, 0.2) is 5.11 Å². The van der Waals surface area contributed by atoms with E-state index in [0.717, 1.165) is 44.2 Å². The second-order valence-electron chi connectivity index (χ2n) is 9.54. The Balaban J connectivity index is 1.63. The van der Waals surface area contributed by atoms with E-state index in [4.69, 9.17) is 17.2 Å². The molecule has 1 aliphatic rings. The van der Waals surface area contributed by atoms with Crippen molar-refractivity contribution in [1.82, 2.24) is 14.9 Å². The van der Waals surface area contributed by atoms with E-state index < -0.39 is 0 Å². The fourth-order valence-electron chi connectivity index (χ4n) is 5.20. The number of hydrogen-bond donors (Lipinski definition) is 2. The Labute approximate surface area is 237 Å². The van der Waals surface area contributed by atoms with Gasteiger partial charge in [0.1, 0.15) is 0 Å². The molecule has 1 aliphatic heterocycles. The van der Waals surface area contributed by atoms with Crippen LogP contribution in [-0.2, 0) is 4.79 Å². The molecule has 0 saturated carbocycles. The zero-order valence-electron chi connectivity index (χ0n) is 21.8. The maximum absolute atomic E-state index is 12.0. The number of carbonyl (C=O) groups excluding carboxylic acids is 1. The zero-order chi connectivity index (χ0) is 27.0. The van der Waals surface area contributed by atoms with Crippen molar-refractivity contribution < 1.29 is 4.79 Å². The molecule has 4 aromatic rings. The lowest BCUT2D eigenvalue weighted by atomic mass is 9.96. The Morgan fingerprint density at radius 1 is 1.05 bits per heavy atom. The highest BCUT2D eigenvalue weighted by Crippen LogP contribution is 2.44. The first-order valence-corrected chi connectivity index (χ1v) is 13.8. The third kappa shape index (κ3) is 4.86. The first-order valence-electron chi connectivity index (χ1n) is 12.6. The van der Waals surface area contributed by atoms with Crippen LogP contribution in [0, 0.1) is 20.8 Å². The summed E-state index contributed by atoms with van der Waals surface area (Å²) in [4.78, 5) is 18.9. The Bertz CT molecular complexity index is 1500. The number of halogens is 1. The van der Waals surface area contributed by atoms with Gasteiger partial charge in [-0.05, 0) is 105 Å². The van der Waals surface area contributed by atoms with Crippen LogP contribution in [0.25, 0.3) is 5.69 Å². The standard InChI is InChI=1S/C30H30BrN5OS/c1-5-27(37)33-25-14-13-23(16-18(25)2)36-29(28(34-30(36)38)26-8-6-7-15-32-26)24-17-19(3)35(20(24)4)22-11-9-21(31)10-12-22/h6-17,28-29H,5H2,1-4H3,(H,33,37)(H,34,38)/t28-,29+/m0/s1. The van der Waals surface area contributed by atoms with Crippen LogP contribution in [0.15, 0.2) is 77.4 Å². The Hall–Kier alpha value is -3.49. The quantitative estimate of drug-likeness (QED) is 0.236. The lowest BCUT2D eigenvalue weighted by molar-refractivity contribution is -0.115. The van der Waals surface area contributed by atoms with E-state index in [1.165, 1.54) is 5.56 Å². The number of pyridine rings is 1. The highest BCUT2D eigenvalue weighted by Gasteiger charge is 2.42. The summed E-state index contributed by atoms with van der Waals surface area (Å²) < 4.78 is 3.33. The van der Waals surface area contributed by atoms with Crippen molar-refractivity contribution in [1.29, 1.82) is 0 Å². The van der Waals surface area contributed by atoms with E-state index in [0.29, 0.717) is 11.5 Å². The molecule has 0 spiro atoms. The first kappa shape index (κ1) is 26.1. The third-order valence-electron chi connectivity index (χ3n) is 7.06. The van der Waals surface area contributed by atoms with Gasteiger partial charge in [-0.2, -0.15) is 0 Å². The molecule has 38 heavy (non-hydrogen) atoms. The van der Waals surface area contributed by atoms with Gasteiger partial charge in [-0.1, -0.05) is 28.9 Å². The molecule has 0 unspecified atom stereocenters. The summed E-state index contributed by atoms with van der Waals surface area (Å²) in [6, 6.07) is 22.4. The summed E-state index contributed by atoms with van der Waals surface area (Å²) >= 11 is 9.48. The van der Waals surface area contributed by atoms with Gasteiger partial charge in [-0.25, -0.2) is 0 Å². The van der Waals surface area contributed by atoms with Crippen molar-refractivity contribution in [2.24, 2.45) is 0 Å². The largest absolute Gasteiger partial charge is 0.351 e. The van der Waals surface area contributed by atoms with E-state index >= 15 is 0 Å². The summed E-state index contributed by atoms with van der Waals surface area (Å²) in [5.74, 6) is -0.00677. The molecule has 2 aromatic carbocycles.